The average Bonchev–Trinajstić information content (AvgIpc) is 2.06. The Bertz CT molecular complexity index is 393. The SMILES string of the molecule is O=S(=O)(Cl)CCSc1ccc(F)cn1. The van der Waals surface area contributed by atoms with Crippen LogP contribution in [0.3, 0.4) is 0 Å². The van der Waals surface area contributed by atoms with Crippen molar-refractivity contribution < 1.29 is 12.8 Å². The number of aromatic nitrogens is 1. The summed E-state index contributed by atoms with van der Waals surface area (Å²) in [6.07, 6.45) is 1.08. The molecule has 1 aromatic heterocycles. The Morgan fingerprint density at radius 2 is 2.21 bits per heavy atom. The van der Waals surface area contributed by atoms with Crippen molar-refractivity contribution in [3.8, 4) is 0 Å². The Labute approximate surface area is 90.1 Å². The summed E-state index contributed by atoms with van der Waals surface area (Å²) >= 11 is 1.21. The molecule has 0 aliphatic carbocycles. The highest BCUT2D eigenvalue weighted by Gasteiger charge is 2.05. The number of thioether (sulfide) groups is 1. The number of nitrogens with zero attached hydrogens (tertiary/aromatic N) is 1. The Hall–Kier alpha value is -0.330. The van der Waals surface area contributed by atoms with Crippen LogP contribution in [0.1, 0.15) is 0 Å². The lowest BCUT2D eigenvalue weighted by atomic mass is 10.5. The molecule has 0 radical (unpaired) electrons. The molecule has 14 heavy (non-hydrogen) atoms. The zero-order valence-electron chi connectivity index (χ0n) is 6.98. The van der Waals surface area contributed by atoms with Crippen LogP contribution in [0.2, 0.25) is 0 Å². The predicted octanol–water partition coefficient (Wildman–Crippen LogP) is 1.88. The molecule has 0 unspecified atom stereocenters. The second-order valence-corrected chi connectivity index (χ2v) is 6.42. The molecular weight excluding hydrogens is 249 g/mol. The van der Waals surface area contributed by atoms with Crippen molar-refractivity contribution in [3.63, 3.8) is 0 Å². The lowest BCUT2D eigenvalue weighted by Gasteiger charge is -1.98. The van der Waals surface area contributed by atoms with E-state index < -0.39 is 14.9 Å². The van der Waals surface area contributed by atoms with E-state index in [1.54, 1.807) is 0 Å². The second-order valence-electron chi connectivity index (χ2n) is 2.41. The fraction of sp³-hybridized carbons (Fsp3) is 0.286. The molecule has 0 bridgehead atoms. The summed E-state index contributed by atoms with van der Waals surface area (Å²) in [5.41, 5.74) is 0. The maximum Gasteiger partial charge on any atom is 0.233 e. The van der Waals surface area contributed by atoms with Gasteiger partial charge in [-0.3, -0.25) is 0 Å². The molecule has 0 aromatic carbocycles. The van der Waals surface area contributed by atoms with Crippen LogP contribution in [0.5, 0.6) is 0 Å². The van der Waals surface area contributed by atoms with Gasteiger partial charge in [0.15, 0.2) is 0 Å². The molecule has 1 heterocycles. The zero-order valence-corrected chi connectivity index (χ0v) is 9.37. The molecule has 1 aromatic rings. The molecule has 0 N–H and O–H groups in total. The Morgan fingerprint density at radius 3 is 2.71 bits per heavy atom. The van der Waals surface area contributed by atoms with Crippen molar-refractivity contribution in [2.24, 2.45) is 0 Å². The first kappa shape index (κ1) is 11.7. The van der Waals surface area contributed by atoms with Crippen molar-refractivity contribution in [3.05, 3.63) is 24.1 Å². The molecule has 0 spiro atoms. The predicted molar refractivity (Wildman–Crippen MR) is 54.6 cm³/mol. The lowest BCUT2D eigenvalue weighted by Crippen LogP contribution is -1.99. The maximum absolute atomic E-state index is 12.4. The van der Waals surface area contributed by atoms with E-state index >= 15 is 0 Å². The minimum absolute atomic E-state index is 0.127. The van der Waals surface area contributed by atoms with Gasteiger partial charge in [0, 0.05) is 16.4 Å². The van der Waals surface area contributed by atoms with Gasteiger partial charge >= 0.3 is 0 Å². The molecule has 0 saturated heterocycles. The molecule has 78 valence electrons. The first-order valence-corrected chi connectivity index (χ1v) is 7.10. The van der Waals surface area contributed by atoms with E-state index in [4.69, 9.17) is 10.7 Å². The van der Waals surface area contributed by atoms with Gasteiger partial charge in [-0.05, 0) is 12.1 Å². The topological polar surface area (TPSA) is 47.0 Å². The van der Waals surface area contributed by atoms with E-state index in [1.807, 2.05) is 0 Å². The average molecular weight is 256 g/mol. The van der Waals surface area contributed by atoms with Crippen LogP contribution in [0.25, 0.3) is 0 Å². The molecule has 0 amide bonds. The van der Waals surface area contributed by atoms with Gasteiger partial charge in [0.25, 0.3) is 0 Å². The van der Waals surface area contributed by atoms with Crippen molar-refractivity contribution in [2.75, 3.05) is 11.5 Å². The van der Waals surface area contributed by atoms with Crippen molar-refractivity contribution in [2.45, 2.75) is 5.03 Å². The van der Waals surface area contributed by atoms with Gasteiger partial charge in [-0.2, -0.15) is 0 Å². The highest BCUT2D eigenvalue weighted by Crippen LogP contribution is 2.15. The number of hydrogen-bond acceptors (Lipinski definition) is 4. The summed E-state index contributed by atoms with van der Waals surface area (Å²) in [7, 11) is 1.55. The Morgan fingerprint density at radius 1 is 1.50 bits per heavy atom. The highest BCUT2D eigenvalue weighted by molar-refractivity contribution is 8.14. The normalized spacial score (nSPS) is 11.6. The zero-order chi connectivity index (χ0) is 10.6. The second kappa shape index (κ2) is 4.95. The van der Waals surface area contributed by atoms with Gasteiger partial charge in [-0.25, -0.2) is 17.8 Å². The fourth-order valence-electron chi connectivity index (χ4n) is 0.693. The molecular formula is C7H7ClFNO2S2. The van der Waals surface area contributed by atoms with Gasteiger partial charge in [-0.1, -0.05) is 0 Å². The summed E-state index contributed by atoms with van der Waals surface area (Å²) in [6, 6.07) is 2.76. The Balaban J connectivity index is 2.43. The van der Waals surface area contributed by atoms with Gasteiger partial charge in [0.05, 0.1) is 17.0 Å². The monoisotopic (exact) mass is 255 g/mol. The third kappa shape index (κ3) is 4.78. The van der Waals surface area contributed by atoms with Crippen molar-refractivity contribution in [1.82, 2.24) is 4.98 Å². The first-order chi connectivity index (χ1) is 6.47. The summed E-state index contributed by atoms with van der Waals surface area (Å²) in [5, 5.41) is 0.576. The molecule has 3 nitrogen and oxygen atoms in total. The van der Waals surface area contributed by atoms with Crippen LogP contribution >= 0.6 is 22.4 Å². The smallest absolute Gasteiger partial charge is 0.233 e. The number of rotatable bonds is 4. The largest absolute Gasteiger partial charge is 0.247 e. The van der Waals surface area contributed by atoms with E-state index in [0.29, 0.717) is 10.8 Å². The minimum atomic E-state index is -3.45. The fourth-order valence-corrected chi connectivity index (χ4v) is 2.89. The molecule has 1 rings (SSSR count). The molecule has 0 saturated carbocycles. The third-order valence-electron chi connectivity index (χ3n) is 1.28. The van der Waals surface area contributed by atoms with Crippen molar-refractivity contribution in [1.29, 1.82) is 0 Å². The standard InChI is InChI=1S/C7H7ClFNO2S2/c8-14(11,12)4-3-13-7-2-1-6(9)5-10-7/h1-2,5H,3-4H2. The highest BCUT2D eigenvalue weighted by atomic mass is 35.7. The van der Waals surface area contributed by atoms with Crippen LogP contribution in [0.15, 0.2) is 23.4 Å². The quantitative estimate of drug-likeness (QED) is 0.609. The first-order valence-electron chi connectivity index (χ1n) is 3.64. The number of pyridine rings is 1. The molecule has 0 aliphatic rings. The van der Waals surface area contributed by atoms with Gasteiger partial charge in [0.2, 0.25) is 9.05 Å². The van der Waals surface area contributed by atoms with Crippen molar-refractivity contribution >= 4 is 31.5 Å². The van der Waals surface area contributed by atoms with E-state index in [-0.39, 0.29) is 5.75 Å². The lowest BCUT2D eigenvalue weighted by molar-refractivity contribution is 0.610. The van der Waals surface area contributed by atoms with Gasteiger partial charge in [0.1, 0.15) is 5.82 Å². The molecule has 0 atom stereocenters. The maximum atomic E-state index is 12.4. The van der Waals surface area contributed by atoms with Crippen LogP contribution in [0.4, 0.5) is 4.39 Å². The van der Waals surface area contributed by atoms with E-state index in [2.05, 4.69) is 4.98 Å². The summed E-state index contributed by atoms with van der Waals surface area (Å²) in [4.78, 5) is 3.75. The Kier molecular flexibility index (Phi) is 4.15. The van der Waals surface area contributed by atoms with Gasteiger partial charge < -0.3 is 0 Å². The molecule has 0 fully saturated rings. The summed E-state index contributed by atoms with van der Waals surface area (Å²) in [6.45, 7) is 0. The van der Waals surface area contributed by atoms with E-state index in [9.17, 15) is 12.8 Å². The number of hydrogen-bond donors (Lipinski definition) is 0. The van der Waals surface area contributed by atoms with Crippen LogP contribution in [0, 0.1) is 5.82 Å². The third-order valence-corrected chi connectivity index (χ3v) is 3.64. The van der Waals surface area contributed by atoms with Gasteiger partial charge in [-0.15, -0.1) is 11.8 Å². The van der Waals surface area contributed by atoms with Crippen LogP contribution in [-0.2, 0) is 9.05 Å². The summed E-state index contributed by atoms with van der Waals surface area (Å²) < 4.78 is 33.5. The molecule has 7 heteroatoms. The van der Waals surface area contributed by atoms with Crippen LogP contribution < -0.4 is 0 Å². The van der Waals surface area contributed by atoms with E-state index in [0.717, 1.165) is 6.20 Å². The van der Waals surface area contributed by atoms with Crippen LogP contribution in [-0.4, -0.2) is 24.9 Å². The minimum Gasteiger partial charge on any atom is -0.247 e. The van der Waals surface area contributed by atoms with E-state index in [1.165, 1.54) is 23.9 Å². The summed E-state index contributed by atoms with van der Waals surface area (Å²) in [5.74, 6) is -0.234. The molecule has 0 aliphatic heterocycles. The number of halogens is 2.